The average molecular weight is 385 g/mol. The van der Waals surface area contributed by atoms with E-state index in [1.165, 1.54) is 18.2 Å². The van der Waals surface area contributed by atoms with Crippen molar-refractivity contribution in [2.45, 2.75) is 4.90 Å². The molecule has 0 fully saturated rings. The smallest absolute Gasteiger partial charge is 0.871 e. The van der Waals surface area contributed by atoms with Gasteiger partial charge in [-0.05, 0) is 23.6 Å². The number of benzene rings is 3. The van der Waals surface area contributed by atoms with E-state index in [9.17, 15) is 13.5 Å². The van der Waals surface area contributed by atoms with E-state index >= 15 is 0 Å². The van der Waals surface area contributed by atoms with Gasteiger partial charge in [0, 0.05) is 5.39 Å². The Kier molecular flexibility index (Phi) is 6.21. The van der Waals surface area contributed by atoms with E-state index in [0.717, 1.165) is 11.5 Å². The molecule has 0 aromatic heterocycles. The first kappa shape index (κ1) is 19.8. The van der Waals surface area contributed by atoms with Gasteiger partial charge in [-0.1, -0.05) is 53.7 Å². The molecule has 9 heteroatoms. The van der Waals surface area contributed by atoms with E-state index in [2.05, 4.69) is 10.2 Å². The van der Waals surface area contributed by atoms with Crippen LogP contribution < -0.4 is 34.7 Å². The van der Waals surface area contributed by atoms with Gasteiger partial charge in [0.25, 0.3) is 10.1 Å². The molecule has 0 saturated carbocycles. The molecule has 0 aliphatic heterocycles. The van der Waals surface area contributed by atoms with Gasteiger partial charge in [-0.3, -0.25) is 4.55 Å². The Hall–Kier alpha value is -1.48. The minimum Gasteiger partial charge on any atom is -0.871 e. The summed E-state index contributed by atoms with van der Waals surface area (Å²) in [6, 6.07) is 14.1. The monoisotopic (exact) mass is 384 g/mol. The van der Waals surface area contributed by atoms with Crippen LogP contribution in [-0.2, 0) is 10.1 Å². The number of azo groups is 1. The summed E-state index contributed by atoms with van der Waals surface area (Å²) in [6.45, 7) is 0. The van der Waals surface area contributed by atoms with Crippen LogP contribution in [0.3, 0.4) is 0 Å². The van der Waals surface area contributed by atoms with Gasteiger partial charge in [0.2, 0.25) is 0 Å². The molecule has 0 aliphatic carbocycles. The number of rotatable bonds is 3. The second kappa shape index (κ2) is 7.82. The third-order valence-electron chi connectivity index (χ3n) is 3.32. The molecule has 0 saturated heterocycles. The van der Waals surface area contributed by atoms with E-state index < -0.39 is 15.0 Å². The van der Waals surface area contributed by atoms with E-state index in [0.29, 0.717) is 5.39 Å². The van der Waals surface area contributed by atoms with Crippen LogP contribution >= 0.6 is 11.6 Å². The van der Waals surface area contributed by atoms with Crippen LogP contribution in [0.25, 0.3) is 10.8 Å². The molecule has 0 radical (unpaired) electrons. The Morgan fingerprint density at radius 3 is 2.44 bits per heavy atom. The molecule has 3 rings (SSSR count). The zero-order valence-corrected chi connectivity index (χ0v) is 16.6. The van der Waals surface area contributed by atoms with Crippen molar-refractivity contribution in [2.24, 2.45) is 10.2 Å². The van der Waals surface area contributed by atoms with E-state index in [-0.39, 0.29) is 51.7 Å². The minimum absolute atomic E-state index is 0. The predicted octanol–water partition coefficient (Wildman–Crippen LogP) is 1.23. The van der Waals surface area contributed by atoms with Crippen molar-refractivity contribution in [3.63, 3.8) is 0 Å². The Morgan fingerprint density at radius 1 is 1.00 bits per heavy atom. The summed E-state index contributed by atoms with van der Waals surface area (Å²) in [5.74, 6) is -0.304. The van der Waals surface area contributed by atoms with Gasteiger partial charge in [0.1, 0.15) is 4.90 Å². The zero-order chi connectivity index (χ0) is 17.3. The number of hydrogen-bond donors (Lipinski definition) is 1. The summed E-state index contributed by atoms with van der Waals surface area (Å²) >= 11 is 5.74. The molecule has 0 bridgehead atoms. The molecule has 6 nitrogen and oxygen atoms in total. The van der Waals surface area contributed by atoms with Gasteiger partial charge in [-0.25, -0.2) is 0 Å². The molecule has 0 atom stereocenters. The summed E-state index contributed by atoms with van der Waals surface area (Å²) < 4.78 is 31.6. The summed E-state index contributed by atoms with van der Waals surface area (Å²) in [5.41, 5.74) is 0.288. The van der Waals surface area contributed by atoms with Gasteiger partial charge in [0.05, 0.1) is 16.4 Å². The van der Waals surface area contributed by atoms with Crippen LogP contribution in [0.2, 0.25) is 5.02 Å². The summed E-state index contributed by atoms with van der Waals surface area (Å²) in [4.78, 5) is -0.471. The fourth-order valence-electron chi connectivity index (χ4n) is 2.20. The van der Waals surface area contributed by atoms with Crippen molar-refractivity contribution >= 4 is 43.9 Å². The van der Waals surface area contributed by atoms with Crippen LogP contribution in [0.4, 0.5) is 11.4 Å². The third kappa shape index (κ3) is 4.38. The molecule has 122 valence electrons. The molecule has 25 heavy (non-hydrogen) atoms. The first-order valence-corrected chi connectivity index (χ1v) is 8.55. The minimum atomic E-state index is -4.48. The quantitative estimate of drug-likeness (QED) is 0.417. The van der Waals surface area contributed by atoms with Crippen molar-refractivity contribution in [2.75, 3.05) is 0 Å². The van der Waals surface area contributed by atoms with Crippen molar-refractivity contribution in [1.82, 2.24) is 0 Å². The van der Waals surface area contributed by atoms with Crippen LogP contribution in [0.5, 0.6) is 5.75 Å². The van der Waals surface area contributed by atoms with Crippen molar-refractivity contribution in [3.05, 3.63) is 59.6 Å². The maximum absolute atomic E-state index is 12.0. The second-order valence-electron chi connectivity index (χ2n) is 4.92. The largest absolute Gasteiger partial charge is 1.00 e. The molecule has 0 heterocycles. The zero-order valence-electron chi connectivity index (χ0n) is 13.0. The summed E-state index contributed by atoms with van der Waals surface area (Å²) in [6.07, 6.45) is 0. The van der Waals surface area contributed by atoms with E-state index in [1.807, 2.05) is 12.1 Å². The molecule has 3 aromatic carbocycles. The molecule has 1 N–H and O–H groups in total. The Bertz CT molecular complexity index is 1070. The van der Waals surface area contributed by atoms with Crippen LogP contribution in [0, 0.1) is 0 Å². The first-order chi connectivity index (χ1) is 11.4. The normalized spacial score (nSPS) is 11.6. The van der Waals surface area contributed by atoms with Gasteiger partial charge in [-0.15, -0.1) is 0 Å². The molecule has 0 spiro atoms. The Morgan fingerprint density at radius 2 is 1.72 bits per heavy atom. The van der Waals surface area contributed by atoms with Crippen LogP contribution in [0.15, 0.2) is 69.7 Å². The maximum atomic E-state index is 12.0. The fourth-order valence-corrected chi connectivity index (χ4v) is 3.19. The predicted molar refractivity (Wildman–Crippen MR) is 88.8 cm³/mol. The molecule has 0 aliphatic rings. The third-order valence-corrected chi connectivity index (χ3v) is 4.66. The first-order valence-electron chi connectivity index (χ1n) is 6.74. The molecule has 0 unspecified atom stereocenters. The van der Waals surface area contributed by atoms with Gasteiger partial charge in [-0.2, -0.15) is 18.6 Å². The van der Waals surface area contributed by atoms with Crippen molar-refractivity contribution < 1.29 is 47.6 Å². The standard InChI is InChI=1S/C16H11ClN2O4S.Na/c17-13-7-6-11(9-15(13)24(21,22)23)18-19-16-12-4-2-1-3-10(12)5-8-14(16)20;/h1-9,20H,(H,21,22,23);/q;+1/p-1. The summed E-state index contributed by atoms with van der Waals surface area (Å²) in [7, 11) is -4.48. The summed E-state index contributed by atoms with van der Waals surface area (Å²) in [5, 5.41) is 21.2. The molecule has 3 aromatic rings. The van der Waals surface area contributed by atoms with E-state index in [1.54, 1.807) is 18.2 Å². The second-order valence-corrected chi connectivity index (χ2v) is 6.72. The van der Waals surface area contributed by atoms with Gasteiger partial charge in [0.15, 0.2) is 0 Å². The number of hydrogen-bond acceptors (Lipinski definition) is 5. The topological polar surface area (TPSA) is 102 Å². The molecular formula is C16H10ClN2NaO4S. The van der Waals surface area contributed by atoms with Crippen molar-refractivity contribution in [1.29, 1.82) is 0 Å². The molecular weight excluding hydrogens is 375 g/mol. The fraction of sp³-hybridized carbons (Fsp3) is 0. The molecule has 0 amide bonds. The van der Waals surface area contributed by atoms with E-state index in [4.69, 9.17) is 16.2 Å². The maximum Gasteiger partial charge on any atom is 1.00 e. The van der Waals surface area contributed by atoms with Gasteiger partial charge < -0.3 is 5.11 Å². The Labute approximate surface area is 171 Å². The van der Waals surface area contributed by atoms with Gasteiger partial charge >= 0.3 is 29.6 Å². The SMILES string of the molecule is O=S(=O)(O)c1cc(N=Nc2c([O-])ccc3ccccc23)ccc1Cl.[Na+]. The number of fused-ring (bicyclic) bond motifs is 1. The Balaban J connectivity index is 0.00000225. The van der Waals surface area contributed by atoms with Crippen molar-refractivity contribution in [3.8, 4) is 5.75 Å². The average Bonchev–Trinajstić information content (AvgIpc) is 2.54. The number of nitrogens with zero attached hydrogens (tertiary/aromatic N) is 2. The van der Waals surface area contributed by atoms with Crippen LogP contribution in [0.1, 0.15) is 0 Å². The number of halogens is 1. The van der Waals surface area contributed by atoms with Crippen LogP contribution in [-0.4, -0.2) is 13.0 Å².